The second-order valence-electron chi connectivity index (χ2n) is 7.09. The molecule has 0 bridgehead atoms. The Morgan fingerprint density at radius 2 is 1.87 bits per heavy atom. The number of nitro groups is 1. The van der Waals surface area contributed by atoms with E-state index in [0.29, 0.717) is 16.5 Å². The lowest BCUT2D eigenvalue weighted by atomic mass is 10.0. The number of ether oxygens (including phenoxy) is 1. The van der Waals surface area contributed by atoms with Gasteiger partial charge in [-0.2, -0.15) is 0 Å². The molecule has 0 aliphatic heterocycles. The summed E-state index contributed by atoms with van der Waals surface area (Å²) in [7, 11) is 0. The van der Waals surface area contributed by atoms with Crippen molar-refractivity contribution >= 4 is 34.2 Å². The van der Waals surface area contributed by atoms with Gasteiger partial charge in [0, 0.05) is 17.1 Å². The first-order valence-corrected chi connectivity index (χ1v) is 9.61. The van der Waals surface area contributed by atoms with E-state index in [1.54, 1.807) is 6.07 Å². The number of nitrogens with one attached hydrogen (secondary N) is 1. The predicted molar refractivity (Wildman–Crippen MR) is 110 cm³/mol. The fourth-order valence-corrected chi connectivity index (χ4v) is 3.69. The van der Waals surface area contributed by atoms with Gasteiger partial charge in [0.05, 0.1) is 16.0 Å². The number of nitro benzene ring substituents is 1. The maximum absolute atomic E-state index is 13.0. The third kappa shape index (κ3) is 3.59. The van der Waals surface area contributed by atoms with Crippen molar-refractivity contribution in [2.75, 3.05) is 5.32 Å². The predicted octanol–water partition coefficient (Wildman–Crippen LogP) is 3.82. The van der Waals surface area contributed by atoms with E-state index in [1.165, 1.54) is 25.1 Å². The van der Waals surface area contributed by atoms with E-state index in [0.717, 1.165) is 30.5 Å². The van der Waals surface area contributed by atoms with Crippen LogP contribution in [0.5, 0.6) is 0 Å². The third-order valence-corrected chi connectivity index (χ3v) is 5.14. The minimum Gasteiger partial charge on any atom is -0.449 e. The van der Waals surface area contributed by atoms with E-state index in [2.05, 4.69) is 10.3 Å². The number of nitrogens with zero attached hydrogens (tertiary/aromatic N) is 2. The van der Waals surface area contributed by atoms with Gasteiger partial charge in [-0.3, -0.25) is 19.9 Å². The number of hydrogen-bond donors (Lipinski definition) is 1. The number of anilines is 1. The summed E-state index contributed by atoms with van der Waals surface area (Å²) in [6.45, 7) is 1.44. The van der Waals surface area contributed by atoms with Gasteiger partial charge < -0.3 is 10.1 Å². The molecule has 30 heavy (non-hydrogen) atoms. The molecule has 0 radical (unpaired) electrons. The monoisotopic (exact) mass is 405 g/mol. The van der Waals surface area contributed by atoms with Gasteiger partial charge in [0.1, 0.15) is 5.69 Å². The Kier molecular flexibility index (Phi) is 5.14. The maximum Gasteiger partial charge on any atom is 0.339 e. The minimum absolute atomic E-state index is 0.0469. The summed E-state index contributed by atoms with van der Waals surface area (Å²) in [4.78, 5) is 40.7. The van der Waals surface area contributed by atoms with Crippen LogP contribution in [-0.2, 0) is 22.4 Å². The summed E-state index contributed by atoms with van der Waals surface area (Å²) in [5, 5.41) is 14.3. The van der Waals surface area contributed by atoms with Crippen molar-refractivity contribution in [1.82, 2.24) is 4.98 Å². The zero-order valence-corrected chi connectivity index (χ0v) is 16.3. The maximum atomic E-state index is 13.0. The third-order valence-electron chi connectivity index (χ3n) is 5.14. The topological polar surface area (TPSA) is 111 Å². The highest BCUT2D eigenvalue weighted by Crippen LogP contribution is 2.31. The SMILES string of the molecule is C[C@@H](OC(=O)c1c2c(nc3ccccc13)CCC2)C(=O)Nc1ccccc1[N+](=O)[O-]. The number of carbonyl (C=O) groups excluding carboxylic acids is 2. The van der Waals surface area contributed by atoms with Gasteiger partial charge in [0.2, 0.25) is 0 Å². The van der Waals surface area contributed by atoms with Crippen LogP contribution in [0.4, 0.5) is 11.4 Å². The van der Waals surface area contributed by atoms with Gasteiger partial charge in [0.25, 0.3) is 11.6 Å². The van der Waals surface area contributed by atoms with Gasteiger partial charge in [0.15, 0.2) is 6.10 Å². The van der Waals surface area contributed by atoms with E-state index in [9.17, 15) is 19.7 Å². The normalized spacial score (nSPS) is 13.5. The summed E-state index contributed by atoms with van der Waals surface area (Å²) in [5.74, 6) is -1.25. The lowest BCUT2D eigenvalue weighted by Gasteiger charge is -2.16. The molecule has 0 spiro atoms. The molecule has 1 atom stereocenters. The number of amides is 1. The fourth-order valence-electron chi connectivity index (χ4n) is 3.69. The molecule has 0 saturated carbocycles. The number of hydrogen-bond acceptors (Lipinski definition) is 6. The average Bonchev–Trinajstić information content (AvgIpc) is 3.19. The number of rotatable bonds is 5. The Labute approximate surface area is 172 Å². The van der Waals surface area contributed by atoms with Gasteiger partial charge in [-0.15, -0.1) is 0 Å². The second-order valence-corrected chi connectivity index (χ2v) is 7.09. The zero-order valence-electron chi connectivity index (χ0n) is 16.3. The molecule has 4 rings (SSSR count). The van der Waals surface area contributed by atoms with Gasteiger partial charge in [-0.05, 0) is 43.9 Å². The number of benzene rings is 2. The lowest BCUT2D eigenvalue weighted by Crippen LogP contribution is -2.30. The highest BCUT2D eigenvalue weighted by Gasteiger charge is 2.28. The largest absolute Gasteiger partial charge is 0.449 e. The second kappa shape index (κ2) is 7.90. The van der Waals surface area contributed by atoms with Crippen LogP contribution in [-0.4, -0.2) is 27.9 Å². The summed E-state index contributed by atoms with van der Waals surface area (Å²) in [6, 6.07) is 13.1. The number of fused-ring (bicyclic) bond motifs is 2. The number of aryl methyl sites for hydroxylation is 1. The van der Waals surface area contributed by atoms with Crippen molar-refractivity contribution in [2.24, 2.45) is 0 Å². The molecule has 8 heteroatoms. The molecular formula is C22H19N3O5. The molecule has 1 aromatic heterocycles. The average molecular weight is 405 g/mol. The molecule has 8 nitrogen and oxygen atoms in total. The molecule has 0 unspecified atom stereocenters. The summed E-state index contributed by atoms with van der Waals surface area (Å²) < 4.78 is 5.46. The smallest absolute Gasteiger partial charge is 0.339 e. The molecule has 1 heterocycles. The summed E-state index contributed by atoms with van der Waals surface area (Å²) in [5.41, 5.74) is 2.72. The van der Waals surface area contributed by atoms with E-state index < -0.39 is 22.9 Å². The highest BCUT2D eigenvalue weighted by atomic mass is 16.6. The number of carbonyl (C=O) groups is 2. The Morgan fingerprint density at radius 1 is 1.13 bits per heavy atom. The van der Waals surface area contributed by atoms with E-state index in [1.807, 2.05) is 24.3 Å². The Bertz CT molecular complexity index is 1170. The van der Waals surface area contributed by atoms with Crippen molar-refractivity contribution in [3.63, 3.8) is 0 Å². The molecule has 2 aromatic carbocycles. The van der Waals surface area contributed by atoms with Crippen LogP contribution in [0.25, 0.3) is 10.9 Å². The van der Waals surface area contributed by atoms with Crippen molar-refractivity contribution < 1.29 is 19.2 Å². The van der Waals surface area contributed by atoms with Gasteiger partial charge in [-0.1, -0.05) is 30.3 Å². The van der Waals surface area contributed by atoms with Crippen LogP contribution in [0.1, 0.15) is 35.0 Å². The highest BCUT2D eigenvalue weighted by molar-refractivity contribution is 6.06. The molecule has 3 aromatic rings. The molecule has 1 amide bonds. The molecule has 0 saturated heterocycles. The molecule has 1 aliphatic carbocycles. The van der Waals surface area contributed by atoms with Crippen LogP contribution < -0.4 is 5.32 Å². The number of aromatic nitrogens is 1. The van der Waals surface area contributed by atoms with Crippen molar-refractivity contribution in [2.45, 2.75) is 32.3 Å². The van der Waals surface area contributed by atoms with Crippen LogP contribution >= 0.6 is 0 Å². The van der Waals surface area contributed by atoms with Gasteiger partial charge in [-0.25, -0.2) is 4.79 Å². The molecule has 1 N–H and O–H groups in total. The van der Waals surface area contributed by atoms with Crippen molar-refractivity contribution in [3.8, 4) is 0 Å². The minimum atomic E-state index is -1.14. The number of pyridine rings is 1. The molecular weight excluding hydrogens is 386 g/mol. The fraction of sp³-hybridized carbons (Fsp3) is 0.227. The molecule has 152 valence electrons. The van der Waals surface area contributed by atoms with E-state index >= 15 is 0 Å². The van der Waals surface area contributed by atoms with Crippen LogP contribution in [0, 0.1) is 10.1 Å². The Morgan fingerprint density at radius 3 is 2.67 bits per heavy atom. The van der Waals surface area contributed by atoms with Gasteiger partial charge >= 0.3 is 5.97 Å². The number of para-hydroxylation sites is 3. The Balaban J connectivity index is 1.58. The van der Waals surface area contributed by atoms with E-state index in [4.69, 9.17) is 4.74 Å². The molecule has 0 fully saturated rings. The van der Waals surface area contributed by atoms with Crippen LogP contribution in [0.2, 0.25) is 0 Å². The van der Waals surface area contributed by atoms with Crippen LogP contribution in [0.15, 0.2) is 48.5 Å². The van der Waals surface area contributed by atoms with Crippen molar-refractivity contribution in [1.29, 1.82) is 0 Å². The lowest BCUT2D eigenvalue weighted by molar-refractivity contribution is -0.383. The summed E-state index contributed by atoms with van der Waals surface area (Å²) >= 11 is 0. The molecule has 1 aliphatic rings. The van der Waals surface area contributed by atoms with Crippen molar-refractivity contribution in [3.05, 3.63) is 75.5 Å². The zero-order chi connectivity index (χ0) is 21.3. The quantitative estimate of drug-likeness (QED) is 0.392. The first-order valence-electron chi connectivity index (χ1n) is 9.61. The van der Waals surface area contributed by atoms with E-state index in [-0.39, 0.29) is 11.4 Å². The standard InChI is InChI=1S/C22H19N3O5/c1-13(21(26)24-18-10-4-5-12-19(18)25(28)29)30-22(27)20-14-7-2-3-9-16(14)23-17-11-6-8-15(17)20/h2-5,7,9-10,12-13H,6,8,11H2,1H3,(H,24,26)/t13-/m1/s1. The van der Waals surface area contributed by atoms with Crippen LogP contribution in [0.3, 0.4) is 0 Å². The first-order chi connectivity index (χ1) is 14.5. The number of esters is 1. The Hall–Kier alpha value is -3.81. The summed E-state index contributed by atoms with van der Waals surface area (Å²) in [6.07, 6.45) is 1.30. The first kappa shape index (κ1) is 19.5.